The molecule has 0 aromatic carbocycles. The molecule has 6 heteroatoms. The molecule has 1 fully saturated rings. The Labute approximate surface area is 138 Å². The minimum absolute atomic E-state index is 0.0561. The van der Waals surface area contributed by atoms with Crippen molar-refractivity contribution in [1.82, 2.24) is 14.7 Å². The Kier molecular flexibility index (Phi) is 3.30. The minimum Gasteiger partial charge on any atom is -0.464 e. The zero-order valence-electron chi connectivity index (χ0n) is 13.5. The highest BCUT2D eigenvalue weighted by molar-refractivity contribution is 7.20. The fourth-order valence-corrected chi connectivity index (χ4v) is 4.47. The molecule has 0 spiro atoms. The van der Waals surface area contributed by atoms with E-state index in [-0.39, 0.29) is 11.9 Å². The fourth-order valence-electron chi connectivity index (χ4n) is 3.39. The number of aryl methyl sites for hydroxylation is 3. The summed E-state index contributed by atoms with van der Waals surface area (Å²) in [6, 6.07) is 5.99. The average molecular weight is 329 g/mol. The van der Waals surface area contributed by atoms with E-state index in [0.29, 0.717) is 0 Å². The van der Waals surface area contributed by atoms with E-state index in [2.05, 4.69) is 5.10 Å². The maximum Gasteiger partial charge on any atom is 0.264 e. The topological polar surface area (TPSA) is 51.3 Å². The lowest BCUT2D eigenvalue weighted by Crippen LogP contribution is -2.29. The van der Waals surface area contributed by atoms with Crippen molar-refractivity contribution >= 4 is 27.5 Å². The summed E-state index contributed by atoms with van der Waals surface area (Å²) in [5.74, 6) is 1.89. The van der Waals surface area contributed by atoms with E-state index >= 15 is 0 Å². The molecule has 3 aromatic rings. The summed E-state index contributed by atoms with van der Waals surface area (Å²) in [5.41, 5.74) is 0.970. The zero-order chi connectivity index (χ0) is 16.1. The van der Waals surface area contributed by atoms with Crippen molar-refractivity contribution in [2.45, 2.75) is 32.7 Å². The number of furan rings is 1. The van der Waals surface area contributed by atoms with Gasteiger partial charge in [0.2, 0.25) is 0 Å². The molecule has 0 bridgehead atoms. The molecule has 3 aromatic heterocycles. The van der Waals surface area contributed by atoms with Crippen LogP contribution in [-0.4, -0.2) is 27.1 Å². The van der Waals surface area contributed by atoms with Crippen LogP contribution in [0, 0.1) is 13.8 Å². The molecule has 4 heterocycles. The number of nitrogens with zero attached hydrogens (tertiary/aromatic N) is 3. The van der Waals surface area contributed by atoms with Crippen LogP contribution in [0.3, 0.4) is 0 Å². The van der Waals surface area contributed by atoms with Gasteiger partial charge in [-0.2, -0.15) is 5.10 Å². The van der Waals surface area contributed by atoms with E-state index in [4.69, 9.17) is 4.42 Å². The molecule has 1 aliphatic rings. The van der Waals surface area contributed by atoms with E-state index in [0.717, 1.165) is 51.7 Å². The van der Waals surface area contributed by atoms with Crippen molar-refractivity contribution in [3.8, 4) is 0 Å². The molecule has 1 amide bonds. The number of carbonyl (C=O) groups excluding carboxylic acids is 1. The van der Waals surface area contributed by atoms with Crippen molar-refractivity contribution in [2.24, 2.45) is 7.05 Å². The highest BCUT2D eigenvalue weighted by Gasteiger charge is 2.33. The Bertz CT molecular complexity index is 855. The first-order chi connectivity index (χ1) is 11.0. The number of likely N-dealkylation sites (tertiary alicyclic amines) is 1. The van der Waals surface area contributed by atoms with Crippen LogP contribution in [0.5, 0.6) is 0 Å². The lowest BCUT2D eigenvalue weighted by molar-refractivity contribution is 0.0724. The third-order valence-corrected chi connectivity index (χ3v) is 5.70. The molecule has 5 nitrogen and oxygen atoms in total. The van der Waals surface area contributed by atoms with Crippen LogP contribution in [0.25, 0.3) is 10.2 Å². The first kappa shape index (κ1) is 14.5. The first-order valence-corrected chi connectivity index (χ1v) is 8.66. The highest BCUT2D eigenvalue weighted by Crippen LogP contribution is 2.36. The molecule has 0 aliphatic carbocycles. The standard InChI is InChI=1S/C17H19N3O2S/c1-10-6-7-14(22-10)13-5-4-8-20(13)16(21)15-9-12-11(2)18-19(3)17(12)23-15/h6-7,9,13H,4-5,8H2,1-3H3. The van der Waals surface area contributed by atoms with Crippen LogP contribution >= 0.6 is 11.3 Å². The second-order valence-electron chi connectivity index (χ2n) is 6.14. The fraction of sp³-hybridized carbons (Fsp3) is 0.412. The van der Waals surface area contributed by atoms with E-state index in [9.17, 15) is 4.79 Å². The Hall–Kier alpha value is -2.08. The highest BCUT2D eigenvalue weighted by atomic mass is 32.1. The second-order valence-corrected chi connectivity index (χ2v) is 7.17. The van der Waals surface area contributed by atoms with Crippen molar-refractivity contribution in [2.75, 3.05) is 6.54 Å². The summed E-state index contributed by atoms with van der Waals surface area (Å²) in [4.78, 5) is 16.8. The number of amides is 1. The third kappa shape index (κ3) is 2.28. The monoisotopic (exact) mass is 329 g/mol. The second kappa shape index (κ2) is 5.23. The van der Waals surface area contributed by atoms with Gasteiger partial charge in [0.15, 0.2) is 0 Å². The number of rotatable bonds is 2. The molecule has 1 saturated heterocycles. The molecule has 0 saturated carbocycles. The Morgan fingerprint density at radius 2 is 2.22 bits per heavy atom. The van der Waals surface area contributed by atoms with Gasteiger partial charge in [0.05, 0.1) is 16.6 Å². The number of carbonyl (C=O) groups is 1. The number of thiophene rings is 1. The van der Waals surface area contributed by atoms with E-state index in [1.807, 2.05) is 48.7 Å². The molecule has 0 N–H and O–H groups in total. The molecule has 1 unspecified atom stereocenters. The molecular weight excluding hydrogens is 310 g/mol. The third-order valence-electron chi connectivity index (χ3n) is 4.51. The lowest BCUT2D eigenvalue weighted by Gasteiger charge is -2.22. The Morgan fingerprint density at radius 3 is 2.91 bits per heavy atom. The van der Waals surface area contributed by atoms with E-state index < -0.39 is 0 Å². The largest absolute Gasteiger partial charge is 0.464 e. The van der Waals surface area contributed by atoms with Crippen LogP contribution in [-0.2, 0) is 7.05 Å². The maximum atomic E-state index is 13.0. The average Bonchev–Trinajstić information content (AvgIpc) is 3.26. The number of aromatic nitrogens is 2. The SMILES string of the molecule is Cc1ccc(C2CCCN2C(=O)c2cc3c(C)nn(C)c3s2)o1. The normalized spacial score (nSPS) is 18.2. The maximum absolute atomic E-state index is 13.0. The van der Waals surface area contributed by atoms with Gasteiger partial charge in [-0.3, -0.25) is 9.48 Å². The van der Waals surface area contributed by atoms with Crippen molar-refractivity contribution in [3.05, 3.63) is 40.3 Å². The Balaban J connectivity index is 1.67. The smallest absolute Gasteiger partial charge is 0.264 e. The van der Waals surface area contributed by atoms with Gasteiger partial charge in [-0.15, -0.1) is 11.3 Å². The van der Waals surface area contributed by atoms with Gasteiger partial charge < -0.3 is 9.32 Å². The predicted octanol–water partition coefficient (Wildman–Crippen LogP) is 3.82. The van der Waals surface area contributed by atoms with Crippen LogP contribution in [0.4, 0.5) is 0 Å². The van der Waals surface area contributed by atoms with Crippen molar-refractivity contribution in [3.63, 3.8) is 0 Å². The van der Waals surface area contributed by atoms with Crippen LogP contribution in [0.15, 0.2) is 22.6 Å². The molecule has 0 radical (unpaired) electrons. The molecule has 1 atom stereocenters. The van der Waals surface area contributed by atoms with Gasteiger partial charge in [0.1, 0.15) is 16.4 Å². The number of hydrogen-bond donors (Lipinski definition) is 0. The quantitative estimate of drug-likeness (QED) is 0.718. The summed E-state index contributed by atoms with van der Waals surface area (Å²) >= 11 is 1.52. The summed E-state index contributed by atoms with van der Waals surface area (Å²) in [5, 5.41) is 5.48. The van der Waals surface area contributed by atoms with Crippen molar-refractivity contribution < 1.29 is 9.21 Å². The molecule has 4 rings (SSSR count). The Morgan fingerprint density at radius 1 is 1.39 bits per heavy atom. The number of hydrogen-bond acceptors (Lipinski definition) is 4. The molecule has 120 valence electrons. The zero-order valence-corrected chi connectivity index (χ0v) is 14.3. The molecule has 23 heavy (non-hydrogen) atoms. The van der Waals surface area contributed by atoms with Crippen LogP contribution < -0.4 is 0 Å². The summed E-state index contributed by atoms with van der Waals surface area (Å²) < 4.78 is 7.61. The molecule has 1 aliphatic heterocycles. The summed E-state index contributed by atoms with van der Waals surface area (Å²) in [6.07, 6.45) is 1.98. The van der Waals surface area contributed by atoms with Gasteiger partial charge in [-0.05, 0) is 44.9 Å². The van der Waals surface area contributed by atoms with Crippen LogP contribution in [0.1, 0.15) is 45.8 Å². The van der Waals surface area contributed by atoms with Crippen LogP contribution in [0.2, 0.25) is 0 Å². The molecular formula is C17H19N3O2S. The predicted molar refractivity (Wildman–Crippen MR) is 89.8 cm³/mol. The first-order valence-electron chi connectivity index (χ1n) is 7.85. The van der Waals surface area contributed by atoms with Gasteiger partial charge >= 0.3 is 0 Å². The van der Waals surface area contributed by atoms with Gasteiger partial charge in [0, 0.05) is 19.0 Å². The van der Waals surface area contributed by atoms with E-state index in [1.165, 1.54) is 11.3 Å². The van der Waals surface area contributed by atoms with Gasteiger partial charge in [-0.1, -0.05) is 0 Å². The lowest BCUT2D eigenvalue weighted by atomic mass is 10.1. The van der Waals surface area contributed by atoms with Gasteiger partial charge in [0.25, 0.3) is 5.91 Å². The summed E-state index contributed by atoms with van der Waals surface area (Å²) in [6.45, 7) is 4.70. The van der Waals surface area contributed by atoms with Crippen molar-refractivity contribution in [1.29, 1.82) is 0 Å². The van der Waals surface area contributed by atoms with Gasteiger partial charge in [-0.25, -0.2) is 0 Å². The number of fused-ring (bicyclic) bond motifs is 1. The summed E-state index contributed by atoms with van der Waals surface area (Å²) in [7, 11) is 1.92. The van der Waals surface area contributed by atoms with E-state index in [1.54, 1.807) is 0 Å². The minimum atomic E-state index is 0.0561.